The lowest BCUT2D eigenvalue weighted by Crippen LogP contribution is -2.32. The Morgan fingerprint density at radius 3 is 2.89 bits per heavy atom. The molecule has 5 heteroatoms. The van der Waals surface area contributed by atoms with E-state index < -0.39 is 5.91 Å². The third kappa shape index (κ3) is 3.18. The summed E-state index contributed by atoms with van der Waals surface area (Å²) in [5.41, 5.74) is 1.49. The fourth-order valence-corrected chi connectivity index (χ4v) is 1.94. The second-order valence-corrected chi connectivity index (χ2v) is 4.44. The van der Waals surface area contributed by atoms with Crippen molar-refractivity contribution >= 4 is 32.5 Å². The van der Waals surface area contributed by atoms with Crippen LogP contribution in [0.5, 0.6) is 0 Å². The number of amides is 1. The van der Waals surface area contributed by atoms with Crippen LogP contribution in [-0.4, -0.2) is 31.9 Å². The molecule has 1 N–H and O–H groups in total. The number of hydrogen-bond donors (Lipinski definition) is 1. The van der Waals surface area contributed by atoms with E-state index in [0.29, 0.717) is 28.1 Å². The highest BCUT2D eigenvalue weighted by atomic mass is 16.5. The maximum absolute atomic E-state index is 12.2. The van der Waals surface area contributed by atoms with Crippen molar-refractivity contribution in [2.24, 2.45) is 0 Å². The molecule has 0 saturated carbocycles. The number of nitrogens with zero attached hydrogens (tertiary/aromatic N) is 1. The molecule has 0 aliphatic heterocycles. The molecule has 92 valence electrons. The normalized spacial score (nSPS) is 14.7. The third-order valence-corrected chi connectivity index (χ3v) is 3.00. The lowest BCUT2D eigenvalue weighted by atomic mass is 9.84. The van der Waals surface area contributed by atoms with E-state index in [4.69, 9.17) is 15.7 Å². The van der Waals surface area contributed by atoms with E-state index in [2.05, 4.69) is 0 Å². The van der Waals surface area contributed by atoms with Crippen LogP contribution in [0.25, 0.3) is 0 Å². The molecule has 1 aromatic rings. The van der Waals surface area contributed by atoms with E-state index in [0.717, 1.165) is 12.8 Å². The largest absolute Gasteiger partial charge is 0.281 e. The molecule has 0 bridgehead atoms. The van der Waals surface area contributed by atoms with Gasteiger partial charge in [-0.3, -0.25) is 10.0 Å². The highest BCUT2D eigenvalue weighted by Crippen LogP contribution is 2.17. The van der Waals surface area contributed by atoms with Gasteiger partial charge in [-0.15, -0.1) is 0 Å². The molecule has 0 heterocycles. The first-order valence-electron chi connectivity index (χ1n) is 6.13. The van der Waals surface area contributed by atoms with Crippen molar-refractivity contribution in [3.8, 4) is 0 Å². The summed E-state index contributed by atoms with van der Waals surface area (Å²) in [5.74, 6) is -0.564. The van der Waals surface area contributed by atoms with Gasteiger partial charge in [-0.05, 0) is 25.3 Å². The first-order valence-corrected chi connectivity index (χ1v) is 6.13. The number of rotatable bonds is 2. The zero-order valence-corrected chi connectivity index (χ0v) is 10.5. The standard InChI is InChI=1S/C14H13B2NO2/c15-10-7-8-13(16)12(9-10)14(18)17(19)11-5-3-1-2-4-6-11/h1,3,5,7-9,19H,2,4,6H2. The van der Waals surface area contributed by atoms with Crippen LogP contribution in [0, 0.1) is 0 Å². The van der Waals surface area contributed by atoms with Gasteiger partial charge in [-0.25, -0.2) is 0 Å². The van der Waals surface area contributed by atoms with Crippen LogP contribution in [-0.2, 0) is 0 Å². The number of carbonyl (C=O) groups excluding carboxylic acids is 1. The van der Waals surface area contributed by atoms with Gasteiger partial charge in [0, 0.05) is 5.56 Å². The number of hydroxylamine groups is 2. The second-order valence-electron chi connectivity index (χ2n) is 4.44. The quantitative estimate of drug-likeness (QED) is 0.476. The number of benzene rings is 1. The molecule has 19 heavy (non-hydrogen) atoms. The average Bonchev–Trinajstić information content (AvgIpc) is 2.69. The minimum Gasteiger partial charge on any atom is -0.281 e. The molecule has 1 aliphatic rings. The van der Waals surface area contributed by atoms with Crippen LogP contribution in [0.2, 0.25) is 0 Å². The van der Waals surface area contributed by atoms with Crippen molar-refractivity contribution in [2.45, 2.75) is 19.3 Å². The van der Waals surface area contributed by atoms with Crippen molar-refractivity contribution in [1.82, 2.24) is 5.06 Å². The highest BCUT2D eigenvalue weighted by molar-refractivity contribution is 6.39. The van der Waals surface area contributed by atoms with Gasteiger partial charge in [0.05, 0.1) is 5.70 Å². The van der Waals surface area contributed by atoms with Crippen molar-refractivity contribution in [3.63, 3.8) is 0 Å². The Morgan fingerprint density at radius 2 is 2.11 bits per heavy atom. The molecule has 0 saturated heterocycles. The lowest BCUT2D eigenvalue weighted by Gasteiger charge is -2.19. The molecule has 3 nitrogen and oxygen atoms in total. The maximum Gasteiger partial charge on any atom is 0.281 e. The topological polar surface area (TPSA) is 40.5 Å². The van der Waals surface area contributed by atoms with Gasteiger partial charge < -0.3 is 0 Å². The first-order chi connectivity index (χ1) is 9.09. The summed E-state index contributed by atoms with van der Waals surface area (Å²) >= 11 is 0. The minimum atomic E-state index is -0.564. The smallest absolute Gasteiger partial charge is 0.281 e. The van der Waals surface area contributed by atoms with E-state index in [1.54, 1.807) is 18.2 Å². The predicted molar refractivity (Wildman–Crippen MR) is 76.2 cm³/mol. The summed E-state index contributed by atoms with van der Waals surface area (Å²) < 4.78 is 0. The van der Waals surface area contributed by atoms with E-state index in [-0.39, 0.29) is 5.56 Å². The molecule has 1 aliphatic carbocycles. The molecule has 0 atom stereocenters. The van der Waals surface area contributed by atoms with E-state index >= 15 is 0 Å². The van der Waals surface area contributed by atoms with Crippen molar-refractivity contribution in [2.75, 3.05) is 0 Å². The summed E-state index contributed by atoms with van der Waals surface area (Å²) in [6.07, 6.45) is 8.02. The predicted octanol–water partition coefficient (Wildman–Crippen LogP) is 0.730. The molecule has 1 amide bonds. The van der Waals surface area contributed by atoms with E-state index in [1.807, 2.05) is 12.2 Å². The summed E-state index contributed by atoms with van der Waals surface area (Å²) in [6, 6.07) is 4.63. The zero-order valence-electron chi connectivity index (χ0n) is 10.5. The number of allylic oxidation sites excluding steroid dienone is 4. The van der Waals surface area contributed by atoms with Gasteiger partial charge in [0.25, 0.3) is 5.91 Å². The van der Waals surface area contributed by atoms with E-state index in [1.165, 1.54) is 6.07 Å². The van der Waals surface area contributed by atoms with Gasteiger partial charge in [0.1, 0.15) is 15.7 Å². The Kier molecular flexibility index (Phi) is 4.27. The van der Waals surface area contributed by atoms with Crippen LogP contribution in [0.15, 0.2) is 42.1 Å². The molecule has 0 unspecified atom stereocenters. The second kappa shape index (κ2) is 5.93. The highest BCUT2D eigenvalue weighted by Gasteiger charge is 2.19. The molecule has 1 aromatic carbocycles. The first kappa shape index (κ1) is 13.7. The molecule has 0 aromatic heterocycles. The minimum absolute atomic E-state index is 0.205. The van der Waals surface area contributed by atoms with Crippen LogP contribution < -0.4 is 10.9 Å². The van der Waals surface area contributed by atoms with Crippen molar-refractivity contribution in [1.29, 1.82) is 0 Å². The van der Waals surface area contributed by atoms with E-state index in [9.17, 15) is 10.0 Å². The Morgan fingerprint density at radius 1 is 1.32 bits per heavy atom. The van der Waals surface area contributed by atoms with Crippen LogP contribution in [0.4, 0.5) is 0 Å². The Hall–Kier alpha value is -1.74. The Labute approximate surface area is 115 Å². The van der Waals surface area contributed by atoms with Gasteiger partial charge >= 0.3 is 0 Å². The summed E-state index contributed by atoms with van der Waals surface area (Å²) in [4.78, 5) is 12.2. The number of carbonyl (C=O) groups is 1. The Bertz CT molecular complexity index is 552. The molecule has 4 radical (unpaired) electrons. The zero-order chi connectivity index (χ0) is 13.8. The van der Waals surface area contributed by atoms with Gasteiger partial charge in [-0.2, -0.15) is 5.06 Å². The van der Waals surface area contributed by atoms with Crippen LogP contribution in [0.1, 0.15) is 29.6 Å². The molecular weight excluding hydrogens is 236 g/mol. The summed E-state index contributed by atoms with van der Waals surface area (Å²) in [7, 11) is 11.4. The van der Waals surface area contributed by atoms with Crippen LogP contribution >= 0.6 is 0 Å². The maximum atomic E-state index is 12.2. The fraction of sp³-hybridized carbons (Fsp3) is 0.214. The number of hydrogen-bond acceptors (Lipinski definition) is 2. The summed E-state index contributed by atoms with van der Waals surface area (Å²) in [6.45, 7) is 0. The molecule has 2 rings (SSSR count). The molecular formula is C14H13B2NO2. The van der Waals surface area contributed by atoms with Crippen LogP contribution in [0.3, 0.4) is 0 Å². The molecule has 0 fully saturated rings. The average molecular weight is 249 g/mol. The molecule has 0 spiro atoms. The lowest BCUT2D eigenvalue weighted by molar-refractivity contribution is -0.0331. The van der Waals surface area contributed by atoms with Gasteiger partial charge in [0.15, 0.2) is 0 Å². The Balaban J connectivity index is 2.25. The SMILES string of the molecule is [B]c1ccc([B])c(C(=O)N(O)C2=CC=CCCC2)c1. The fourth-order valence-electron chi connectivity index (χ4n) is 1.94. The van der Waals surface area contributed by atoms with Crippen molar-refractivity contribution in [3.05, 3.63) is 47.7 Å². The van der Waals surface area contributed by atoms with Gasteiger partial charge in [0.2, 0.25) is 0 Å². The van der Waals surface area contributed by atoms with Gasteiger partial charge in [-0.1, -0.05) is 41.3 Å². The van der Waals surface area contributed by atoms with Crippen molar-refractivity contribution < 1.29 is 10.0 Å². The monoisotopic (exact) mass is 249 g/mol. The third-order valence-electron chi connectivity index (χ3n) is 3.00. The summed E-state index contributed by atoms with van der Waals surface area (Å²) in [5, 5.41) is 10.7.